The Hall–Kier alpha value is -1.74. The lowest BCUT2D eigenvalue weighted by Gasteiger charge is -2.32. The van der Waals surface area contributed by atoms with Crippen molar-refractivity contribution in [3.63, 3.8) is 0 Å². The Labute approximate surface area is 177 Å². The van der Waals surface area contributed by atoms with E-state index in [1.165, 1.54) is 10.5 Å². The second-order valence-corrected chi connectivity index (χ2v) is 8.50. The van der Waals surface area contributed by atoms with E-state index in [9.17, 15) is 0 Å². The molecule has 1 aromatic carbocycles. The molecule has 0 spiro atoms. The van der Waals surface area contributed by atoms with Crippen LogP contribution in [0, 0.1) is 4.77 Å². The summed E-state index contributed by atoms with van der Waals surface area (Å²) in [5.41, 5.74) is 1.17. The molecule has 3 atom stereocenters. The predicted molar refractivity (Wildman–Crippen MR) is 113 cm³/mol. The van der Waals surface area contributed by atoms with Crippen LogP contribution in [0.5, 0.6) is 0 Å². The second-order valence-electron chi connectivity index (χ2n) is 7.35. The fourth-order valence-electron chi connectivity index (χ4n) is 3.80. The van der Waals surface area contributed by atoms with E-state index in [0.29, 0.717) is 28.4 Å². The normalized spacial score (nSPS) is 22.5. The van der Waals surface area contributed by atoms with E-state index in [1.807, 2.05) is 39.6 Å². The zero-order valence-corrected chi connectivity index (χ0v) is 18.4. The van der Waals surface area contributed by atoms with Crippen molar-refractivity contribution in [3.05, 3.63) is 57.5 Å². The molecule has 2 aromatic heterocycles. The lowest BCUT2D eigenvalue weighted by atomic mass is 10.2. The highest BCUT2D eigenvalue weighted by Crippen LogP contribution is 2.25. The number of aromatic nitrogens is 3. The van der Waals surface area contributed by atoms with Crippen molar-refractivity contribution in [2.75, 3.05) is 13.1 Å². The number of benzene rings is 1. The van der Waals surface area contributed by atoms with Gasteiger partial charge in [-0.3, -0.25) is 4.57 Å². The van der Waals surface area contributed by atoms with E-state index in [1.54, 1.807) is 0 Å². The predicted octanol–water partition coefficient (Wildman–Crippen LogP) is 3.13. The van der Waals surface area contributed by atoms with Crippen LogP contribution >= 0.6 is 28.1 Å². The van der Waals surface area contributed by atoms with Crippen molar-refractivity contribution in [3.8, 4) is 11.6 Å². The third-order valence-electron chi connectivity index (χ3n) is 4.89. The van der Waals surface area contributed by atoms with Gasteiger partial charge < -0.3 is 14.1 Å². The molecule has 1 N–H and O–H groups in total. The fraction of sp³-hybridized carbons (Fsp3) is 0.400. The van der Waals surface area contributed by atoms with Crippen molar-refractivity contribution in [1.82, 2.24) is 14.3 Å². The molecule has 0 bridgehead atoms. The molecule has 8 heteroatoms. The van der Waals surface area contributed by atoms with Gasteiger partial charge in [0.25, 0.3) is 0 Å². The van der Waals surface area contributed by atoms with Crippen molar-refractivity contribution >= 4 is 28.1 Å². The summed E-state index contributed by atoms with van der Waals surface area (Å²) < 4.78 is 17.0. The first-order valence-electron chi connectivity index (χ1n) is 9.46. The summed E-state index contributed by atoms with van der Waals surface area (Å²) in [6, 6.07) is 14.1. The Morgan fingerprint density at radius 2 is 1.86 bits per heavy atom. The van der Waals surface area contributed by atoms with Gasteiger partial charge in [-0.05, 0) is 59.7 Å². The number of hydrogen-bond acceptors (Lipinski definition) is 4. The second kappa shape index (κ2) is 8.32. The molecular formula is C20H24BrN4O2S+. The zero-order valence-electron chi connectivity index (χ0n) is 16.0. The van der Waals surface area contributed by atoms with Crippen LogP contribution in [0.1, 0.15) is 19.4 Å². The van der Waals surface area contributed by atoms with Gasteiger partial charge in [0, 0.05) is 0 Å². The lowest BCUT2D eigenvalue weighted by molar-refractivity contribution is -0.937. The summed E-state index contributed by atoms with van der Waals surface area (Å²) in [6.45, 7) is 7.49. The number of nitrogens with one attached hydrogen (secondary N) is 1. The van der Waals surface area contributed by atoms with Crippen LogP contribution in [0.25, 0.3) is 11.6 Å². The minimum atomic E-state index is 0.236. The number of hydrogen-bond donors (Lipinski definition) is 1. The first-order chi connectivity index (χ1) is 13.5. The molecule has 1 unspecified atom stereocenters. The number of quaternary nitrogens is 1. The smallest absolute Gasteiger partial charge is 0.203 e. The molecule has 0 amide bonds. The van der Waals surface area contributed by atoms with Crippen LogP contribution < -0.4 is 4.90 Å². The van der Waals surface area contributed by atoms with Crippen LogP contribution in [0.3, 0.4) is 0 Å². The number of furan rings is 1. The lowest BCUT2D eigenvalue weighted by Crippen LogP contribution is -3.14. The number of halogens is 1. The molecule has 0 aliphatic carbocycles. The molecule has 0 saturated carbocycles. The van der Waals surface area contributed by atoms with Gasteiger partial charge in [0.15, 0.2) is 22.9 Å². The molecule has 1 fully saturated rings. The maximum atomic E-state index is 5.86. The molecule has 3 aromatic rings. The van der Waals surface area contributed by atoms with Crippen molar-refractivity contribution in [1.29, 1.82) is 0 Å². The quantitative estimate of drug-likeness (QED) is 0.590. The highest BCUT2D eigenvalue weighted by Gasteiger charge is 2.27. The zero-order chi connectivity index (χ0) is 19.7. The third kappa shape index (κ3) is 4.30. The summed E-state index contributed by atoms with van der Waals surface area (Å²) in [7, 11) is 0. The number of rotatable bonds is 5. The van der Waals surface area contributed by atoms with Gasteiger partial charge in [0.2, 0.25) is 4.77 Å². The largest absolute Gasteiger partial charge is 0.446 e. The third-order valence-corrected chi connectivity index (χ3v) is 5.75. The van der Waals surface area contributed by atoms with Crippen LogP contribution in [-0.4, -0.2) is 39.6 Å². The Kier molecular flexibility index (Phi) is 5.82. The Bertz CT molecular complexity index is 987. The summed E-state index contributed by atoms with van der Waals surface area (Å²) in [5, 5.41) is 4.83. The van der Waals surface area contributed by atoms with E-state index in [2.05, 4.69) is 41.9 Å². The molecule has 0 radical (unpaired) electrons. The van der Waals surface area contributed by atoms with E-state index in [4.69, 9.17) is 26.5 Å². The summed E-state index contributed by atoms with van der Waals surface area (Å²) >= 11 is 9.20. The molecule has 4 rings (SSSR count). The summed E-state index contributed by atoms with van der Waals surface area (Å²) in [6.07, 6.45) is 0.472. The SMILES string of the molecule is C[C@@H]1C[NH+](Cn2nc(-c3ccc(Br)o3)n(Cc3ccccc3)c2=S)C[C@H](C)O1. The number of ether oxygens (including phenoxy) is 1. The maximum Gasteiger partial charge on any atom is 0.203 e. The molecule has 3 heterocycles. The fourth-order valence-corrected chi connectivity index (χ4v) is 4.36. The van der Waals surface area contributed by atoms with Gasteiger partial charge in [-0.2, -0.15) is 4.68 Å². The molecule has 1 saturated heterocycles. The number of morpholine rings is 1. The van der Waals surface area contributed by atoms with Crippen molar-refractivity contribution < 1.29 is 14.1 Å². The number of nitrogens with zero attached hydrogens (tertiary/aromatic N) is 3. The monoisotopic (exact) mass is 463 g/mol. The van der Waals surface area contributed by atoms with E-state index in [-0.39, 0.29) is 12.2 Å². The molecular weight excluding hydrogens is 440 g/mol. The maximum absolute atomic E-state index is 5.86. The minimum absolute atomic E-state index is 0.236. The van der Waals surface area contributed by atoms with Crippen LogP contribution in [-0.2, 0) is 18.0 Å². The van der Waals surface area contributed by atoms with Gasteiger partial charge in [-0.1, -0.05) is 30.3 Å². The molecule has 148 valence electrons. The highest BCUT2D eigenvalue weighted by molar-refractivity contribution is 9.10. The minimum Gasteiger partial charge on any atom is -0.446 e. The Balaban J connectivity index is 1.68. The van der Waals surface area contributed by atoms with Crippen LogP contribution in [0.4, 0.5) is 0 Å². The first-order valence-corrected chi connectivity index (χ1v) is 10.7. The molecule has 6 nitrogen and oxygen atoms in total. The average Bonchev–Trinajstić information content (AvgIpc) is 3.20. The summed E-state index contributed by atoms with van der Waals surface area (Å²) in [4.78, 5) is 1.42. The average molecular weight is 464 g/mol. The molecule has 28 heavy (non-hydrogen) atoms. The van der Waals surface area contributed by atoms with Gasteiger partial charge >= 0.3 is 0 Å². The van der Waals surface area contributed by atoms with Gasteiger partial charge in [0.1, 0.15) is 25.3 Å². The topological polar surface area (TPSA) is 49.6 Å². The van der Waals surface area contributed by atoms with Gasteiger partial charge in [-0.15, -0.1) is 5.10 Å². The van der Waals surface area contributed by atoms with Gasteiger partial charge in [-0.25, -0.2) is 0 Å². The first kappa shape index (κ1) is 19.6. The van der Waals surface area contributed by atoms with Gasteiger partial charge in [0.05, 0.1) is 6.54 Å². The van der Waals surface area contributed by atoms with E-state index >= 15 is 0 Å². The van der Waals surface area contributed by atoms with Crippen LogP contribution in [0.2, 0.25) is 0 Å². The van der Waals surface area contributed by atoms with Crippen LogP contribution in [0.15, 0.2) is 51.6 Å². The van der Waals surface area contributed by atoms with E-state index in [0.717, 1.165) is 18.9 Å². The molecule has 1 aliphatic rings. The highest BCUT2D eigenvalue weighted by atomic mass is 79.9. The van der Waals surface area contributed by atoms with Crippen molar-refractivity contribution in [2.24, 2.45) is 0 Å². The molecule has 1 aliphatic heterocycles. The Morgan fingerprint density at radius 3 is 2.50 bits per heavy atom. The van der Waals surface area contributed by atoms with Crippen molar-refractivity contribution in [2.45, 2.75) is 39.3 Å². The van der Waals surface area contributed by atoms with E-state index < -0.39 is 0 Å². The Morgan fingerprint density at radius 1 is 1.14 bits per heavy atom. The standard InChI is InChI=1S/C20H23BrN4O2S/c1-14-10-23(11-15(2)26-14)13-25-20(28)24(12-16-6-4-3-5-7-16)19(22-25)17-8-9-18(21)27-17/h3-9,14-15H,10-13H2,1-2H3/p+1/t14-,15+. The summed E-state index contributed by atoms with van der Waals surface area (Å²) in [5.74, 6) is 1.44.